The van der Waals surface area contributed by atoms with Crippen LogP contribution in [0.1, 0.15) is 23.2 Å². The van der Waals surface area contributed by atoms with E-state index in [1.54, 1.807) is 24.3 Å². The monoisotopic (exact) mass is 356 g/mol. The lowest BCUT2D eigenvalue weighted by molar-refractivity contribution is 0.0909. The number of carbonyl (C=O) groups excluding carboxylic acids is 1. The van der Waals surface area contributed by atoms with Crippen LogP contribution in [0.4, 0.5) is 0 Å². The Bertz CT molecular complexity index is 751. The topological polar surface area (TPSA) is 41.6 Å². The molecule has 2 fully saturated rings. The molecule has 0 aromatic heterocycles. The molecule has 4 nitrogen and oxygen atoms in total. The van der Waals surface area contributed by atoms with Crippen molar-refractivity contribution in [2.24, 2.45) is 5.92 Å². The van der Waals surface area contributed by atoms with Crippen LogP contribution in [-0.2, 0) is 0 Å². The Morgan fingerprint density at radius 1 is 1.12 bits per heavy atom. The molecule has 2 aliphatic heterocycles. The Hall–Kier alpha value is -2.04. The third kappa shape index (κ3) is 3.97. The number of ether oxygens (including phenoxy) is 1. The maximum atomic E-state index is 12.5. The number of hydrogen-bond donors (Lipinski definition) is 1. The van der Waals surface area contributed by atoms with Crippen LogP contribution in [0.5, 0.6) is 11.5 Å². The van der Waals surface area contributed by atoms with Gasteiger partial charge in [-0.05, 0) is 67.8 Å². The van der Waals surface area contributed by atoms with Crippen LogP contribution in [0.25, 0.3) is 0 Å². The van der Waals surface area contributed by atoms with Gasteiger partial charge < -0.3 is 15.0 Å². The van der Waals surface area contributed by atoms with E-state index in [4.69, 9.17) is 16.3 Å². The number of piperidine rings is 1. The van der Waals surface area contributed by atoms with Crippen LogP contribution in [-0.4, -0.2) is 36.5 Å². The molecule has 3 atom stereocenters. The average Bonchev–Trinajstić information content (AvgIpc) is 2.94. The third-order valence-corrected chi connectivity index (χ3v) is 5.19. The number of nitrogens with zero attached hydrogens (tertiary/aromatic N) is 1. The summed E-state index contributed by atoms with van der Waals surface area (Å²) in [6.07, 6.45) is 2.36. The van der Waals surface area contributed by atoms with Crippen molar-refractivity contribution < 1.29 is 9.53 Å². The van der Waals surface area contributed by atoms with Crippen LogP contribution < -0.4 is 10.1 Å². The summed E-state index contributed by atoms with van der Waals surface area (Å²) >= 11 is 5.96. The van der Waals surface area contributed by atoms with Crippen molar-refractivity contribution in [3.05, 3.63) is 59.1 Å². The summed E-state index contributed by atoms with van der Waals surface area (Å²) in [5.41, 5.74) is 0.659. The van der Waals surface area contributed by atoms with Gasteiger partial charge in [0, 0.05) is 29.7 Å². The first kappa shape index (κ1) is 16.4. The van der Waals surface area contributed by atoms with Crippen LogP contribution >= 0.6 is 11.6 Å². The van der Waals surface area contributed by atoms with Gasteiger partial charge in [-0.25, -0.2) is 0 Å². The van der Waals surface area contributed by atoms with Crippen LogP contribution in [0, 0.1) is 5.92 Å². The highest BCUT2D eigenvalue weighted by Crippen LogP contribution is 2.27. The van der Waals surface area contributed by atoms with Crippen molar-refractivity contribution in [1.29, 1.82) is 0 Å². The van der Waals surface area contributed by atoms with Crippen molar-refractivity contribution >= 4 is 17.5 Å². The molecule has 5 heteroatoms. The summed E-state index contributed by atoms with van der Waals surface area (Å²) in [4.78, 5) is 14.9. The van der Waals surface area contributed by atoms with Gasteiger partial charge in [0.25, 0.3) is 5.91 Å². The molecule has 1 N–H and O–H groups in total. The SMILES string of the molecule is O=C(N[C@@H]1C[C@@H]2CCN(C2)C1)c1ccc(Oc2cccc(Cl)c2)cc1. The Balaban J connectivity index is 1.37. The van der Waals surface area contributed by atoms with E-state index in [0.29, 0.717) is 22.1 Å². The second kappa shape index (κ2) is 7.06. The molecule has 0 spiro atoms. The second-order valence-electron chi connectivity index (χ2n) is 6.90. The molecule has 2 aliphatic rings. The van der Waals surface area contributed by atoms with Gasteiger partial charge in [0.2, 0.25) is 0 Å². The largest absolute Gasteiger partial charge is 0.457 e. The molecule has 130 valence electrons. The van der Waals surface area contributed by atoms with Crippen LogP contribution in [0.15, 0.2) is 48.5 Å². The van der Waals surface area contributed by atoms with Crippen molar-refractivity contribution in [2.75, 3.05) is 19.6 Å². The molecule has 0 radical (unpaired) electrons. The Morgan fingerprint density at radius 3 is 2.72 bits per heavy atom. The van der Waals surface area contributed by atoms with Gasteiger partial charge in [0.05, 0.1) is 0 Å². The third-order valence-electron chi connectivity index (χ3n) is 4.95. The van der Waals surface area contributed by atoms with Gasteiger partial charge in [0.1, 0.15) is 11.5 Å². The lowest BCUT2D eigenvalue weighted by Gasteiger charge is -2.30. The minimum absolute atomic E-state index is 0.0122. The maximum absolute atomic E-state index is 12.5. The summed E-state index contributed by atoms with van der Waals surface area (Å²) in [6, 6.07) is 14.7. The molecule has 0 aliphatic carbocycles. The molecule has 4 rings (SSSR count). The maximum Gasteiger partial charge on any atom is 0.251 e. The number of nitrogens with one attached hydrogen (secondary N) is 1. The van der Waals surface area contributed by atoms with E-state index in [2.05, 4.69) is 10.2 Å². The van der Waals surface area contributed by atoms with Crippen molar-refractivity contribution in [3.8, 4) is 11.5 Å². The minimum atomic E-state index is -0.0122. The summed E-state index contributed by atoms with van der Waals surface area (Å²) < 4.78 is 5.76. The zero-order valence-electron chi connectivity index (χ0n) is 14.0. The first-order valence-electron chi connectivity index (χ1n) is 8.72. The fourth-order valence-electron chi connectivity index (χ4n) is 3.77. The minimum Gasteiger partial charge on any atom is -0.457 e. The van der Waals surface area contributed by atoms with E-state index in [9.17, 15) is 4.79 Å². The number of rotatable bonds is 4. The fourth-order valence-corrected chi connectivity index (χ4v) is 3.95. The number of amides is 1. The molecule has 2 aromatic rings. The highest BCUT2D eigenvalue weighted by molar-refractivity contribution is 6.30. The molecule has 2 heterocycles. The van der Waals surface area contributed by atoms with Crippen molar-refractivity contribution in [3.63, 3.8) is 0 Å². The number of halogens is 1. The normalized spacial score (nSPS) is 24.8. The summed E-state index contributed by atoms with van der Waals surface area (Å²) in [6.45, 7) is 3.34. The van der Waals surface area contributed by atoms with E-state index in [0.717, 1.165) is 18.9 Å². The highest BCUT2D eigenvalue weighted by Gasteiger charge is 2.32. The van der Waals surface area contributed by atoms with Crippen LogP contribution in [0.2, 0.25) is 5.02 Å². The zero-order valence-corrected chi connectivity index (χ0v) is 14.7. The quantitative estimate of drug-likeness (QED) is 0.901. The van der Waals surface area contributed by atoms with E-state index < -0.39 is 0 Å². The zero-order chi connectivity index (χ0) is 17.2. The van der Waals surface area contributed by atoms with Crippen molar-refractivity contribution in [2.45, 2.75) is 18.9 Å². The first-order valence-corrected chi connectivity index (χ1v) is 9.10. The van der Waals surface area contributed by atoms with Gasteiger partial charge >= 0.3 is 0 Å². The summed E-state index contributed by atoms with van der Waals surface area (Å²) in [5, 5.41) is 3.80. The molecule has 25 heavy (non-hydrogen) atoms. The lowest BCUT2D eigenvalue weighted by atomic mass is 9.96. The number of benzene rings is 2. The van der Waals surface area contributed by atoms with E-state index >= 15 is 0 Å². The fraction of sp³-hybridized carbons (Fsp3) is 0.350. The Kier molecular flexibility index (Phi) is 4.64. The van der Waals surface area contributed by atoms with E-state index in [1.165, 1.54) is 19.5 Å². The number of carbonyl (C=O) groups is 1. The Labute approximate surface area is 152 Å². The standard InChI is InChI=1S/C20H21ClN2O2/c21-16-2-1-3-19(11-16)25-18-6-4-15(5-7-18)20(24)22-17-10-14-8-9-23(12-14)13-17/h1-7,11,14,17H,8-10,12-13H2,(H,22,24)/t14-,17+/m0/s1. The number of hydrogen-bond acceptors (Lipinski definition) is 3. The van der Waals surface area contributed by atoms with Gasteiger partial charge in [-0.1, -0.05) is 17.7 Å². The predicted octanol–water partition coefficient (Wildman–Crippen LogP) is 3.96. The van der Waals surface area contributed by atoms with Gasteiger partial charge in [0.15, 0.2) is 0 Å². The highest BCUT2D eigenvalue weighted by atomic mass is 35.5. The van der Waals surface area contributed by atoms with Crippen LogP contribution in [0.3, 0.4) is 0 Å². The predicted molar refractivity (Wildman–Crippen MR) is 98.4 cm³/mol. The molecular weight excluding hydrogens is 336 g/mol. The first-order chi connectivity index (χ1) is 12.2. The second-order valence-corrected chi connectivity index (χ2v) is 7.34. The average molecular weight is 357 g/mol. The molecule has 1 amide bonds. The Morgan fingerprint density at radius 2 is 1.96 bits per heavy atom. The molecule has 1 unspecified atom stereocenters. The smallest absolute Gasteiger partial charge is 0.251 e. The molecule has 2 bridgehead atoms. The molecule has 0 saturated carbocycles. The number of fused-ring (bicyclic) bond motifs is 2. The lowest BCUT2D eigenvalue weighted by Crippen LogP contribution is -2.46. The van der Waals surface area contributed by atoms with E-state index in [-0.39, 0.29) is 11.9 Å². The van der Waals surface area contributed by atoms with E-state index in [1.807, 2.05) is 24.3 Å². The molecular formula is C20H21ClN2O2. The molecule has 2 saturated heterocycles. The van der Waals surface area contributed by atoms with Gasteiger partial charge in [-0.15, -0.1) is 0 Å². The van der Waals surface area contributed by atoms with Gasteiger partial charge in [-0.2, -0.15) is 0 Å². The molecule has 2 aromatic carbocycles. The van der Waals surface area contributed by atoms with Gasteiger partial charge in [-0.3, -0.25) is 4.79 Å². The summed E-state index contributed by atoms with van der Waals surface area (Å²) in [7, 11) is 0. The summed E-state index contributed by atoms with van der Waals surface area (Å²) in [5.74, 6) is 2.09. The van der Waals surface area contributed by atoms with Crippen molar-refractivity contribution in [1.82, 2.24) is 10.2 Å².